The van der Waals surface area contributed by atoms with E-state index in [0.29, 0.717) is 0 Å². The summed E-state index contributed by atoms with van der Waals surface area (Å²) in [5, 5.41) is 0. The van der Waals surface area contributed by atoms with Gasteiger partial charge in [0.05, 0.1) is 11.0 Å². The molecule has 18 heavy (non-hydrogen) atoms. The molecule has 0 amide bonds. The first-order valence-corrected chi connectivity index (χ1v) is 7.24. The van der Waals surface area contributed by atoms with Crippen molar-refractivity contribution in [3.05, 3.63) is 28.5 Å². The number of aromatic nitrogens is 2. The molecule has 0 aliphatic heterocycles. The Morgan fingerprint density at radius 2 is 2.22 bits per heavy atom. The van der Waals surface area contributed by atoms with Crippen LogP contribution in [0.25, 0.3) is 11.0 Å². The van der Waals surface area contributed by atoms with Crippen molar-refractivity contribution in [3.8, 4) is 0 Å². The number of para-hydroxylation sites is 1. The second kappa shape index (κ2) is 4.54. The number of hydrogen-bond donors (Lipinski definition) is 1. The highest BCUT2D eigenvalue weighted by Crippen LogP contribution is 2.32. The van der Waals surface area contributed by atoms with Gasteiger partial charge in [-0.15, -0.1) is 0 Å². The highest BCUT2D eigenvalue weighted by Gasteiger charge is 2.22. The maximum absolute atomic E-state index is 5.48. The molecular formula is C15H20N2S. The molecule has 2 atom stereocenters. The molecule has 2 nitrogen and oxygen atoms in total. The fourth-order valence-corrected chi connectivity index (χ4v) is 3.53. The SMILES string of the molecule is Cc1cccc2c1[nH]c(=S)n2CC1CCC(C)C1. The van der Waals surface area contributed by atoms with E-state index in [0.717, 1.165) is 23.2 Å². The molecule has 0 radical (unpaired) electrons. The molecule has 0 bridgehead atoms. The first kappa shape index (κ1) is 12.0. The van der Waals surface area contributed by atoms with Crippen molar-refractivity contribution < 1.29 is 0 Å². The van der Waals surface area contributed by atoms with E-state index in [-0.39, 0.29) is 0 Å². The first-order chi connectivity index (χ1) is 8.65. The lowest BCUT2D eigenvalue weighted by molar-refractivity contribution is 0.444. The first-order valence-electron chi connectivity index (χ1n) is 6.83. The monoisotopic (exact) mass is 260 g/mol. The third-order valence-corrected chi connectivity index (χ3v) is 4.59. The fourth-order valence-electron chi connectivity index (χ4n) is 3.25. The van der Waals surface area contributed by atoms with Gasteiger partial charge >= 0.3 is 0 Å². The summed E-state index contributed by atoms with van der Waals surface area (Å²) >= 11 is 5.48. The quantitative estimate of drug-likeness (QED) is 0.791. The Bertz CT molecular complexity index is 623. The second-order valence-electron chi connectivity index (χ2n) is 5.79. The molecule has 96 valence electrons. The van der Waals surface area contributed by atoms with Crippen molar-refractivity contribution >= 4 is 23.3 Å². The van der Waals surface area contributed by atoms with E-state index < -0.39 is 0 Å². The van der Waals surface area contributed by atoms with E-state index >= 15 is 0 Å². The van der Waals surface area contributed by atoms with Gasteiger partial charge in [-0.05, 0) is 55.4 Å². The van der Waals surface area contributed by atoms with Crippen LogP contribution in [-0.2, 0) is 6.54 Å². The number of hydrogen-bond acceptors (Lipinski definition) is 1. The number of imidazole rings is 1. The lowest BCUT2D eigenvalue weighted by atomic mass is 10.1. The number of aromatic amines is 1. The van der Waals surface area contributed by atoms with Crippen LogP contribution in [0.5, 0.6) is 0 Å². The highest BCUT2D eigenvalue weighted by atomic mass is 32.1. The Hall–Kier alpha value is -1.09. The molecule has 1 heterocycles. The van der Waals surface area contributed by atoms with Crippen LogP contribution in [0.1, 0.15) is 31.7 Å². The van der Waals surface area contributed by atoms with Crippen LogP contribution in [0, 0.1) is 23.5 Å². The third-order valence-electron chi connectivity index (χ3n) is 4.26. The maximum atomic E-state index is 5.48. The van der Waals surface area contributed by atoms with Crippen molar-refractivity contribution in [1.29, 1.82) is 0 Å². The van der Waals surface area contributed by atoms with Gasteiger partial charge in [0.15, 0.2) is 4.77 Å². The molecule has 1 aromatic carbocycles. The minimum absolute atomic E-state index is 0.797. The van der Waals surface area contributed by atoms with Gasteiger partial charge in [-0.1, -0.05) is 25.5 Å². The van der Waals surface area contributed by atoms with Gasteiger partial charge in [0, 0.05) is 6.54 Å². The van der Waals surface area contributed by atoms with Crippen molar-refractivity contribution in [2.24, 2.45) is 11.8 Å². The zero-order valence-electron chi connectivity index (χ0n) is 11.1. The van der Waals surface area contributed by atoms with Crippen LogP contribution >= 0.6 is 12.2 Å². The number of fused-ring (bicyclic) bond motifs is 1. The number of aryl methyl sites for hydroxylation is 1. The molecule has 1 saturated carbocycles. The molecule has 1 aliphatic carbocycles. The molecule has 1 aliphatic rings. The van der Waals surface area contributed by atoms with Gasteiger partial charge in [-0.2, -0.15) is 0 Å². The molecule has 1 fully saturated rings. The number of benzene rings is 1. The van der Waals surface area contributed by atoms with Crippen LogP contribution in [-0.4, -0.2) is 9.55 Å². The Kier molecular flexibility index (Phi) is 3.02. The second-order valence-corrected chi connectivity index (χ2v) is 6.18. The molecule has 2 unspecified atom stereocenters. The third kappa shape index (κ3) is 2.01. The largest absolute Gasteiger partial charge is 0.330 e. The molecule has 0 saturated heterocycles. The van der Waals surface area contributed by atoms with Crippen LogP contribution in [0.2, 0.25) is 0 Å². The van der Waals surface area contributed by atoms with Gasteiger partial charge in [0.2, 0.25) is 0 Å². The summed E-state index contributed by atoms with van der Waals surface area (Å²) in [5.41, 5.74) is 3.74. The predicted molar refractivity (Wildman–Crippen MR) is 78.4 cm³/mol. The van der Waals surface area contributed by atoms with E-state index in [2.05, 4.69) is 41.6 Å². The Morgan fingerprint density at radius 3 is 2.94 bits per heavy atom. The van der Waals surface area contributed by atoms with Crippen LogP contribution < -0.4 is 0 Å². The van der Waals surface area contributed by atoms with Gasteiger partial charge in [-0.3, -0.25) is 0 Å². The lowest BCUT2D eigenvalue weighted by Gasteiger charge is -2.11. The zero-order valence-corrected chi connectivity index (χ0v) is 11.9. The Morgan fingerprint density at radius 1 is 1.39 bits per heavy atom. The van der Waals surface area contributed by atoms with E-state index in [9.17, 15) is 0 Å². The van der Waals surface area contributed by atoms with Crippen molar-refractivity contribution in [3.63, 3.8) is 0 Å². The summed E-state index contributed by atoms with van der Waals surface area (Å²) in [7, 11) is 0. The van der Waals surface area contributed by atoms with Crippen LogP contribution in [0.3, 0.4) is 0 Å². The van der Waals surface area contributed by atoms with Crippen molar-refractivity contribution in [1.82, 2.24) is 9.55 Å². The summed E-state index contributed by atoms with van der Waals surface area (Å²) < 4.78 is 3.17. The predicted octanol–water partition coefficient (Wildman–Crippen LogP) is 4.44. The van der Waals surface area contributed by atoms with Crippen molar-refractivity contribution in [2.45, 2.75) is 39.7 Å². The lowest BCUT2D eigenvalue weighted by Crippen LogP contribution is -2.07. The number of nitrogens with one attached hydrogen (secondary N) is 1. The summed E-state index contributed by atoms with van der Waals surface area (Å²) in [6.07, 6.45) is 4.07. The maximum Gasteiger partial charge on any atom is 0.178 e. The summed E-state index contributed by atoms with van der Waals surface area (Å²) in [4.78, 5) is 3.36. The molecule has 1 aromatic heterocycles. The van der Waals surface area contributed by atoms with E-state index in [1.165, 1.54) is 35.9 Å². The minimum atomic E-state index is 0.797. The molecule has 2 aromatic rings. The molecule has 3 heteroatoms. The molecule has 1 N–H and O–H groups in total. The average Bonchev–Trinajstić information content (AvgIpc) is 2.87. The Balaban J connectivity index is 1.99. The smallest absolute Gasteiger partial charge is 0.178 e. The van der Waals surface area contributed by atoms with Gasteiger partial charge in [0.1, 0.15) is 0 Å². The molecule has 3 rings (SSSR count). The van der Waals surface area contributed by atoms with Gasteiger partial charge in [-0.25, -0.2) is 0 Å². The standard InChI is InChI=1S/C15H20N2S/c1-10-6-7-12(8-10)9-17-13-5-3-4-11(2)14(13)16-15(17)18/h3-5,10,12H,6-9H2,1-2H3,(H,16,18). The van der Waals surface area contributed by atoms with E-state index in [1.807, 2.05) is 0 Å². The summed E-state index contributed by atoms with van der Waals surface area (Å²) in [5.74, 6) is 1.68. The molecular weight excluding hydrogens is 240 g/mol. The van der Waals surface area contributed by atoms with E-state index in [1.54, 1.807) is 0 Å². The van der Waals surface area contributed by atoms with Crippen LogP contribution in [0.4, 0.5) is 0 Å². The topological polar surface area (TPSA) is 20.7 Å². The van der Waals surface area contributed by atoms with Gasteiger partial charge < -0.3 is 9.55 Å². The number of nitrogens with zero attached hydrogens (tertiary/aromatic N) is 1. The van der Waals surface area contributed by atoms with Crippen molar-refractivity contribution in [2.75, 3.05) is 0 Å². The van der Waals surface area contributed by atoms with Gasteiger partial charge in [0.25, 0.3) is 0 Å². The highest BCUT2D eigenvalue weighted by molar-refractivity contribution is 7.71. The van der Waals surface area contributed by atoms with Crippen LogP contribution in [0.15, 0.2) is 18.2 Å². The minimum Gasteiger partial charge on any atom is -0.330 e. The zero-order chi connectivity index (χ0) is 12.7. The normalized spacial score (nSPS) is 23.9. The van der Waals surface area contributed by atoms with E-state index in [4.69, 9.17) is 12.2 Å². The average molecular weight is 260 g/mol. The Labute approximate surface area is 113 Å². The fraction of sp³-hybridized carbons (Fsp3) is 0.533. The molecule has 0 spiro atoms. The number of rotatable bonds is 2. The summed E-state index contributed by atoms with van der Waals surface area (Å²) in [6, 6.07) is 6.43. The number of H-pyrrole nitrogens is 1. The summed E-state index contributed by atoms with van der Waals surface area (Å²) in [6.45, 7) is 5.57.